The lowest BCUT2D eigenvalue weighted by Crippen LogP contribution is -2.24. The molecule has 0 aliphatic carbocycles. The van der Waals surface area contributed by atoms with Gasteiger partial charge in [-0.1, -0.05) is 30.3 Å². The molecular formula is C22H22O6. The molecule has 2 aromatic rings. The molecule has 1 aliphatic rings. The average molecular weight is 382 g/mol. The molecule has 0 N–H and O–H groups in total. The molecule has 146 valence electrons. The van der Waals surface area contributed by atoms with Gasteiger partial charge in [0.1, 0.15) is 23.7 Å². The molecule has 1 aliphatic heterocycles. The first-order valence-corrected chi connectivity index (χ1v) is 8.92. The maximum Gasteiger partial charge on any atom is 0.316 e. The number of carbonyl (C=O) groups is 2. The summed E-state index contributed by atoms with van der Waals surface area (Å²) in [4.78, 5) is 24.9. The van der Waals surface area contributed by atoms with Gasteiger partial charge in [0.05, 0.1) is 14.2 Å². The largest absolute Gasteiger partial charge is 0.497 e. The van der Waals surface area contributed by atoms with Crippen molar-refractivity contribution in [1.29, 1.82) is 0 Å². The van der Waals surface area contributed by atoms with Gasteiger partial charge in [-0.3, -0.25) is 9.59 Å². The summed E-state index contributed by atoms with van der Waals surface area (Å²) in [7, 11) is 2.84. The number of Topliss-reactive ketones (excluding diaryl/α,β-unsaturated/α-hetero) is 1. The number of ether oxygens (including phenoxy) is 4. The van der Waals surface area contributed by atoms with E-state index < -0.39 is 18.2 Å². The standard InChI is InChI=1S/C22H22O6/c1-25-17-10-8-16(9-11-17)19(23)13-18(22(24)26-2)20-14-27-21(28-20)12-15-6-4-3-5-7-15/h3-11,14,18,21H,12-13H2,1-2H3. The number of methoxy groups -OCH3 is 2. The molecule has 6 nitrogen and oxygen atoms in total. The first kappa shape index (κ1) is 19.5. The molecule has 0 saturated carbocycles. The van der Waals surface area contributed by atoms with Gasteiger partial charge >= 0.3 is 5.97 Å². The van der Waals surface area contributed by atoms with Gasteiger partial charge in [-0.05, 0) is 29.8 Å². The molecule has 0 spiro atoms. The Balaban J connectivity index is 1.66. The number of rotatable bonds is 8. The fourth-order valence-corrected chi connectivity index (χ4v) is 2.93. The van der Waals surface area contributed by atoms with Gasteiger partial charge in [0.25, 0.3) is 0 Å². The van der Waals surface area contributed by atoms with Gasteiger partial charge in [-0.25, -0.2) is 0 Å². The highest BCUT2D eigenvalue weighted by molar-refractivity contribution is 5.98. The van der Waals surface area contributed by atoms with Crippen LogP contribution < -0.4 is 4.74 Å². The second-order valence-corrected chi connectivity index (χ2v) is 6.32. The van der Waals surface area contributed by atoms with Crippen LogP contribution in [-0.2, 0) is 25.4 Å². The van der Waals surface area contributed by atoms with Crippen molar-refractivity contribution in [2.24, 2.45) is 5.92 Å². The minimum atomic E-state index is -0.861. The van der Waals surface area contributed by atoms with Gasteiger partial charge in [-0.15, -0.1) is 0 Å². The van der Waals surface area contributed by atoms with E-state index in [0.29, 0.717) is 23.5 Å². The van der Waals surface area contributed by atoms with E-state index in [2.05, 4.69) is 0 Å². The van der Waals surface area contributed by atoms with Gasteiger partial charge in [0.2, 0.25) is 6.29 Å². The topological polar surface area (TPSA) is 71.1 Å². The molecule has 0 bridgehead atoms. The normalized spacial score (nSPS) is 16.4. The van der Waals surface area contributed by atoms with E-state index in [-0.39, 0.29) is 12.2 Å². The van der Waals surface area contributed by atoms with Crippen molar-refractivity contribution in [3.05, 3.63) is 77.7 Å². The average Bonchev–Trinajstić information content (AvgIpc) is 3.20. The van der Waals surface area contributed by atoms with Crippen molar-refractivity contribution in [3.63, 3.8) is 0 Å². The number of benzene rings is 2. The Labute approximate surface area is 163 Å². The molecule has 0 saturated heterocycles. The summed E-state index contributed by atoms with van der Waals surface area (Å²) in [5, 5.41) is 0. The van der Waals surface area contributed by atoms with Crippen LogP contribution in [0.4, 0.5) is 0 Å². The van der Waals surface area contributed by atoms with E-state index in [1.807, 2.05) is 30.3 Å². The molecule has 0 aromatic heterocycles. The summed E-state index contributed by atoms with van der Waals surface area (Å²) in [5.41, 5.74) is 1.53. The molecule has 6 heteroatoms. The Morgan fingerprint density at radius 3 is 2.39 bits per heavy atom. The van der Waals surface area contributed by atoms with Gasteiger partial charge < -0.3 is 18.9 Å². The van der Waals surface area contributed by atoms with Crippen LogP contribution in [0.1, 0.15) is 22.3 Å². The summed E-state index contributed by atoms with van der Waals surface area (Å²) in [5.74, 6) is -0.652. The minimum absolute atomic E-state index is 0.0771. The van der Waals surface area contributed by atoms with Gasteiger partial charge in [0.15, 0.2) is 5.78 Å². The van der Waals surface area contributed by atoms with E-state index in [4.69, 9.17) is 18.9 Å². The zero-order chi connectivity index (χ0) is 19.9. The number of hydrogen-bond donors (Lipinski definition) is 0. The summed E-state index contributed by atoms with van der Waals surface area (Å²) < 4.78 is 21.3. The predicted molar refractivity (Wildman–Crippen MR) is 102 cm³/mol. The Kier molecular flexibility index (Phi) is 6.32. The van der Waals surface area contributed by atoms with Crippen molar-refractivity contribution in [2.75, 3.05) is 14.2 Å². The molecule has 2 unspecified atom stereocenters. The predicted octanol–water partition coefficient (Wildman–Crippen LogP) is 3.51. The van der Waals surface area contributed by atoms with E-state index >= 15 is 0 Å². The van der Waals surface area contributed by atoms with Crippen LogP contribution in [0.5, 0.6) is 5.75 Å². The smallest absolute Gasteiger partial charge is 0.316 e. The van der Waals surface area contributed by atoms with E-state index in [1.54, 1.807) is 31.4 Å². The van der Waals surface area contributed by atoms with Crippen LogP contribution in [0, 0.1) is 5.92 Å². The van der Waals surface area contributed by atoms with Gasteiger partial charge in [0, 0.05) is 18.4 Å². The lowest BCUT2D eigenvalue weighted by atomic mass is 9.96. The minimum Gasteiger partial charge on any atom is -0.497 e. The molecule has 1 heterocycles. The first-order valence-electron chi connectivity index (χ1n) is 8.92. The van der Waals surface area contributed by atoms with Crippen LogP contribution >= 0.6 is 0 Å². The van der Waals surface area contributed by atoms with E-state index in [0.717, 1.165) is 5.56 Å². The number of esters is 1. The lowest BCUT2D eigenvalue weighted by Gasteiger charge is -2.17. The Morgan fingerprint density at radius 1 is 1.04 bits per heavy atom. The molecular weight excluding hydrogens is 360 g/mol. The maximum atomic E-state index is 12.6. The highest BCUT2D eigenvalue weighted by Crippen LogP contribution is 2.28. The van der Waals surface area contributed by atoms with Crippen LogP contribution in [0.15, 0.2) is 66.6 Å². The quantitative estimate of drug-likeness (QED) is 0.514. The molecule has 0 fully saturated rings. The molecule has 0 radical (unpaired) electrons. The zero-order valence-corrected chi connectivity index (χ0v) is 15.8. The molecule has 28 heavy (non-hydrogen) atoms. The van der Waals surface area contributed by atoms with Crippen molar-refractivity contribution < 1.29 is 28.5 Å². The second-order valence-electron chi connectivity index (χ2n) is 6.32. The zero-order valence-electron chi connectivity index (χ0n) is 15.8. The van der Waals surface area contributed by atoms with Crippen molar-refractivity contribution in [1.82, 2.24) is 0 Å². The van der Waals surface area contributed by atoms with E-state index in [9.17, 15) is 9.59 Å². The highest BCUT2D eigenvalue weighted by Gasteiger charge is 2.34. The molecule has 2 atom stereocenters. The van der Waals surface area contributed by atoms with Crippen LogP contribution in [0.25, 0.3) is 0 Å². The fraction of sp³-hybridized carbons (Fsp3) is 0.273. The Morgan fingerprint density at radius 2 is 1.75 bits per heavy atom. The highest BCUT2D eigenvalue weighted by atomic mass is 16.7. The third-order valence-corrected chi connectivity index (χ3v) is 4.48. The summed E-state index contributed by atoms with van der Waals surface area (Å²) in [6.07, 6.45) is 1.31. The lowest BCUT2D eigenvalue weighted by molar-refractivity contribution is -0.145. The molecule has 2 aromatic carbocycles. The summed E-state index contributed by atoms with van der Waals surface area (Å²) in [6, 6.07) is 16.5. The summed E-state index contributed by atoms with van der Waals surface area (Å²) >= 11 is 0. The molecule has 3 rings (SSSR count). The number of carbonyl (C=O) groups excluding carboxylic acids is 2. The third kappa shape index (κ3) is 4.71. The fourth-order valence-electron chi connectivity index (χ4n) is 2.93. The Hall–Kier alpha value is -3.28. The van der Waals surface area contributed by atoms with Crippen LogP contribution in [-0.4, -0.2) is 32.3 Å². The van der Waals surface area contributed by atoms with E-state index in [1.165, 1.54) is 13.4 Å². The van der Waals surface area contributed by atoms with Crippen molar-refractivity contribution >= 4 is 11.8 Å². The number of hydrogen-bond acceptors (Lipinski definition) is 6. The summed E-state index contributed by atoms with van der Waals surface area (Å²) in [6.45, 7) is 0. The monoisotopic (exact) mass is 382 g/mol. The van der Waals surface area contributed by atoms with Gasteiger partial charge in [-0.2, -0.15) is 0 Å². The van der Waals surface area contributed by atoms with Crippen LogP contribution in [0.2, 0.25) is 0 Å². The Bertz CT molecular complexity index is 841. The van der Waals surface area contributed by atoms with Crippen molar-refractivity contribution in [3.8, 4) is 5.75 Å². The SMILES string of the molecule is COC(=O)C(CC(=O)c1ccc(OC)cc1)C1=COC(Cc2ccccc2)O1. The second kappa shape index (κ2) is 9.08. The third-order valence-electron chi connectivity index (χ3n) is 4.48. The maximum absolute atomic E-state index is 12.6. The van der Waals surface area contributed by atoms with Crippen molar-refractivity contribution in [2.45, 2.75) is 19.1 Å². The number of ketones is 1. The molecule has 0 amide bonds. The first-order chi connectivity index (χ1) is 13.6. The van der Waals surface area contributed by atoms with Crippen LogP contribution in [0.3, 0.4) is 0 Å².